The summed E-state index contributed by atoms with van der Waals surface area (Å²) < 4.78 is 25.7. The molecule has 1 aromatic carbocycles. The molecule has 5 nitrogen and oxygen atoms in total. The van der Waals surface area contributed by atoms with Crippen molar-refractivity contribution in [2.75, 3.05) is 24.6 Å². The first-order valence-corrected chi connectivity index (χ1v) is 9.32. The van der Waals surface area contributed by atoms with E-state index in [0.717, 1.165) is 11.1 Å². The Morgan fingerprint density at radius 2 is 2.09 bits per heavy atom. The minimum Gasteiger partial charge on any atom is -0.283 e. The quantitative estimate of drug-likeness (QED) is 0.778. The van der Waals surface area contributed by atoms with Gasteiger partial charge >= 0.3 is 0 Å². The molecule has 0 N–H and O–H groups in total. The van der Waals surface area contributed by atoms with Crippen LogP contribution in [0.25, 0.3) is 0 Å². The Morgan fingerprint density at radius 3 is 2.78 bits per heavy atom. The third-order valence-corrected chi connectivity index (χ3v) is 5.57. The Labute approximate surface area is 136 Å². The summed E-state index contributed by atoms with van der Waals surface area (Å²) in [5.74, 6) is 6.61. The van der Waals surface area contributed by atoms with E-state index in [1.54, 1.807) is 10.9 Å². The maximum atomic E-state index is 12.0. The van der Waals surface area contributed by atoms with Crippen LogP contribution in [0.3, 0.4) is 0 Å². The van der Waals surface area contributed by atoms with Crippen LogP contribution in [0, 0.1) is 11.8 Å². The van der Waals surface area contributed by atoms with Crippen molar-refractivity contribution in [2.24, 2.45) is 7.05 Å². The predicted octanol–water partition coefficient (Wildman–Crippen LogP) is 1.24. The number of benzene rings is 1. The van der Waals surface area contributed by atoms with Crippen LogP contribution in [0.1, 0.15) is 17.2 Å². The fraction of sp³-hybridized carbons (Fsp3) is 0.353. The second-order valence-electron chi connectivity index (χ2n) is 5.72. The number of hydrogen-bond donors (Lipinski definition) is 0. The summed E-state index contributed by atoms with van der Waals surface area (Å²) in [4.78, 5) is 2.12. The molecule has 2 heterocycles. The topological polar surface area (TPSA) is 55.2 Å². The molecule has 1 aliphatic rings. The zero-order valence-electron chi connectivity index (χ0n) is 13.0. The highest BCUT2D eigenvalue weighted by Crippen LogP contribution is 2.25. The summed E-state index contributed by atoms with van der Waals surface area (Å²) in [7, 11) is -1.17. The first-order valence-electron chi connectivity index (χ1n) is 7.50. The number of sulfone groups is 1. The Morgan fingerprint density at radius 1 is 1.30 bits per heavy atom. The number of nitrogens with zero attached hydrogens (tertiary/aromatic N) is 3. The van der Waals surface area contributed by atoms with Crippen molar-refractivity contribution in [3.05, 3.63) is 53.9 Å². The molecule has 1 fully saturated rings. The molecule has 0 radical (unpaired) electrons. The molecule has 1 aromatic heterocycles. The summed E-state index contributed by atoms with van der Waals surface area (Å²) in [5.41, 5.74) is 1.90. The van der Waals surface area contributed by atoms with Gasteiger partial charge in [-0.15, -0.1) is 0 Å². The first-order chi connectivity index (χ1) is 11.0. The highest BCUT2D eigenvalue weighted by atomic mass is 32.2. The zero-order valence-corrected chi connectivity index (χ0v) is 13.8. The molecular formula is C17H19N3O2S. The van der Waals surface area contributed by atoms with Crippen LogP contribution in [0.2, 0.25) is 0 Å². The van der Waals surface area contributed by atoms with E-state index < -0.39 is 9.84 Å². The average molecular weight is 329 g/mol. The lowest BCUT2D eigenvalue weighted by Crippen LogP contribution is -2.43. The van der Waals surface area contributed by atoms with Gasteiger partial charge in [-0.2, -0.15) is 5.10 Å². The van der Waals surface area contributed by atoms with Crippen molar-refractivity contribution in [3.8, 4) is 11.8 Å². The van der Waals surface area contributed by atoms with Crippen molar-refractivity contribution in [2.45, 2.75) is 6.04 Å². The normalized spacial score (nSPS) is 20.7. The van der Waals surface area contributed by atoms with E-state index in [1.165, 1.54) is 0 Å². The summed E-state index contributed by atoms with van der Waals surface area (Å²) in [6.45, 7) is 1.05. The molecule has 0 aliphatic carbocycles. The van der Waals surface area contributed by atoms with Gasteiger partial charge < -0.3 is 0 Å². The van der Waals surface area contributed by atoms with Crippen LogP contribution in [0.15, 0.2) is 42.7 Å². The number of aryl methyl sites for hydroxylation is 1. The van der Waals surface area contributed by atoms with Crippen LogP contribution in [-0.4, -0.2) is 47.7 Å². The van der Waals surface area contributed by atoms with Crippen molar-refractivity contribution in [1.29, 1.82) is 0 Å². The summed E-state index contributed by atoms with van der Waals surface area (Å²) in [5, 5.41) is 4.16. The minimum absolute atomic E-state index is 0.131. The van der Waals surface area contributed by atoms with Gasteiger partial charge in [0, 0.05) is 30.9 Å². The van der Waals surface area contributed by atoms with Crippen LogP contribution < -0.4 is 0 Å². The van der Waals surface area contributed by atoms with Crippen LogP contribution in [-0.2, 0) is 16.9 Å². The lowest BCUT2D eigenvalue weighted by atomic mass is 10.1. The second-order valence-corrected chi connectivity index (χ2v) is 7.94. The fourth-order valence-electron chi connectivity index (χ4n) is 2.71. The SMILES string of the molecule is Cn1cc([C@H]2CS(=O)(=O)CCN2CC#Cc2ccccc2)cn1. The third kappa shape index (κ3) is 4.01. The molecule has 0 bridgehead atoms. The van der Waals surface area contributed by atoms with Gasteiger partial charge in [0.15, 0.2) is 9.84 Å². The highest BCUT2D eigenvalue weighted by molar-refractivity contribution is 7.91. The zero-order chi connectivity index (χ0) is 16.3. The van der Waals surface area contributed by atoms with Crippen LogP contribution >= 0.6 is 0 Å². The molecule has 1 atom stereocenters. The van der Waals surface area contributed by atoms with Crippen LogP contribution in [0.5, 0.6) is 0 Å². The maximum Gasteiger partial charge on any atom is 0.153 e. The smallest absolute Gasteiger partial charge is 0.153 e. The predicted molar refractivity (Wildman–Crippen MR) is 89.5 cm³/mol. The van der Waals surface area contributed by atoms with Crippen LogP contribution in [0.4, 0.5) is 0 Å². The van der Waals surface area contributed by atoms with Gasteiger partial charge in [-0.1, -0.05) is 30.0 Å². The molecular weight excluding hydrogens is 310 g/mol. The van der Waals surface area contributed by atoms with Crippen molar-refractivity contribution < 1.29 is 8.42 Å². The first kappa shape index (κ1) is 15.8. The van der Waals surface area contributed by atoms with Crippen molar-refractivity contribution >= 4 is 9.84 Å². The molecule has 0 saturated carbocycles. The van der Waals surface area contributed by atoms with E-state index in [0.29, 0.717) is 13.1 Å². The van der Waals surface area contributed by atoms with Gasteiger partial charge in [-0.05, 0) is 12.1 Å². The van der Waals surface area contributed by atoms with Gasteiger partial charge in [0.05, 0.1) is 30.3 Å². The van der Waals surface area contributed by atoms with Crippen molar-refractivity contribution in [1.82, 2.24) is 14.7 Å². The summed E-state index contributed by atoms with van der Waals surface area (Å²) in [6, 6.07) is 9.62. The summed E-state index contributed by atoms with van der Waals surface area (Å²) >= 11 is 0. The Balaban J connectivity index is 1.78. The number of aromatic nitrogens is 2. The van der Waals surface area contributed by atoms with E-state index >= 15 is 0 Å². The second kappa shape index (κ2) is 6.57. The Hall–Kier alpha value is -2.10. The standard InChI is InChI=1S/C17H19N3O2S/c1-19-13-16(12-18-19)17-14-23(21,22)11-10-20(17)9-5-8-15-6-3-2-4-7-15/h2-4,6-7,12-13,17H,9-11,14H2,1H3/t17-/m1/s1. The molecule has 1 aliphatic heterocycles. The minimum atomic E-state index is -3.01. The monoisotopic (exact) mass is 329 g/mol. The number of hydrogen-bond acceptors (Lipinski definition) is 4. The van der Waals surface area contributed by atoms with Gasteiger partial charge in [0.1, 0.15) is 0 Å². The Kier molecular flexibility index (Phi) is 4.51. The Bertz CT molecular complexity index is 831. The highest BCUT2D eigenvalue weighted by Gasteiger charge is 2.32. The molecule has 120 valence electrons. The molecule has 0 amide bonds. The molecule has 3 rings (SSSR count). The van der Waals surface area contributed by atoms with Crippen molar-refractivity contribution in [3.63, 3.8) is 0 Å². The third-order valence-electron chi connectivity index (χ3n) is 3.94. The largest absolute Gasteiger partial charge is 0.283 e. The molecule has 1 saturated heterocycles. The van der Waals surface area contributed by atoms with E-state index in [1.807, 2.05) is 43.6 Å². The molecule has 2 aromatic rings. The molecule has 0 unspecified atom stereocenters. The van der Waals surface area contributed by atoms with E-state index in [-0.39, 0.29) is 17.5 Å². The maximum absolute atomic E-state index is 12.0. The molecule has 6 heteroatoms. The average Bonchev–Trinajstić information content (AvgIpc) is 2.96. The fourth-order valence-corrected chi connectivity index (χ4v) is 4.28. The van der Waals surface area contributed by atoms with Gasteiger partial charge in [-0.3, -0.25) is 9.58 Å². The summed E-state index contributed by atoms with van der Waals surface area (Å²) in [6.07, 6.45) is 3.62. The van der Waals surface area contributed by atoms with E-state index in [4.69, 9.17) is 0 Å². The lowest BCUT2D eigenvalue weighted by molar-refractivity contribution is 0.243. The molecule has 0 spiro atoms. The van der Waals surface area contributed by atoms with E-state index in [2.05, 4.69) is 21.8 Å². The lowest BCUT2D eigenvalue weighted by Gasteiger charge is -2.33. The molecule has 23 heavy (non-hydrogen) atoms. The van der Waals surface area contributed by atoms with Gasteiger partial charge in [-0.25, -0.2) is 8.42 Å². The van der Waals surface area contributed by atoms with Gasteiger partial charge in [0.25, 0.3) is 0 Å². The number of rotatable bonds is 2. The van der Waals surface area contributed by atoms with E-state index in [9.17, 15) is 8.42 Å². The van der Waals surface area contributed by atoms with Gasteiger partial charge in [0.2, 0.25) is 0 Å².